The van der Waals surface area contributed by atoms with E-state index < -0.39 is 6.10 Å². The van der Waals surface area contributed by atoms with Crippen molar-refractivity contribution >= 4 is 11.6 Å². The second-order valence-electron chi connectivity index (χ2n) is 6.84. The number of hydrogen-bond donors (Lipinski definition) is 2. The SMILES string of the molecule is CC(C)CC1(C(=O)Nc2ccc(C(C)O)cc2)CCCC1. The molecule has 1 atom stereocenters. The third-order valence-corrected chi connectivity index (χ3v) is 4.49. The molecule has 0 aromatic heterocycles. The van der Waals surface area contributed by atoms with E-state index in [4.69, 9.17) is 0 Å². The summed E-state index contributed by atoms with van der Waals surface area (Å²) >= 11 is 0. The third-order valence-electron chi connectivity index (χ3n) is 4.49. The Labute approximate surface area is 127 Å². The number of hydrogen-bond acceptors (Lipinski definition) is 2. The zero-order chi connectivity index (χ0) is 15.5. The first-order valence-electron chi connectivity index (χ1n) is 8.02. The minimum atomic E-state index is -0.475. The van der Waals surface area contributed by atoms with E-state index in [1.165, 1.54) is 0 Å². The van der Waals surface area contributed by atoms with Gasteiger partial charge in [0.05, 0.1) is 6.10 Å². The van der Waals surface area contributed by atoms with Crippen LogP contribution in [-0.2, 0) is 4.79 Å². The van der Waals surface area contributed by atoms with Crippen molar-refractivity contribution in [3.8, 4) is 0 Å². The monoisotopic (exact) mass is 289 g/mol. The molecule has 0 aliphatic heterocycles. The Hall–Kier alpha value is -1.35. The number of nitrogens with one attached hydrogen (secondary N) is 1. The quantitative estimate of drug-likeness (QED) is 0.849. The molecule has 0 bridgehead atoms. The van der Waals surface area contributed by atoms with Crippen molar-refractivity contribution in [3.63, 3.8) is 0 Å². The first-order valence-corrected chi connectivity index (χ1v) is 8.02. The molecule has 1 fully saturated rings. The maximum atomic E-state index is 12.7. The maximum Gasteiger partial charge on any atom is 0.230 e. The van der Waals surface area contributed by atoms with Crippen LogP contribution in [0.15, 0.2) is 24.3 Å². The largest absolute Gasteiger partial charge is 0.389 e. The van der Waals surface area contributed by atoms with Gasteiger partial charge in [0.1, 0.15) is 0 Å². The van der Waals surface area contributed by atoms with E-state index >= 15 is 0 Å². The van der Waals surface area contributed by atoms with Crippen LogP contribution in [0.2, 0.25) is 0 Å². The summed E-state index contributed by atoms with van der Waals surface area (Å²) in [5.41, 5.74) is 1.50. The minimum Gasteiger partial charge on any atom is -0.389 e. The Balaban J connectivity index is 2.08. The van der Waals surface area contributed by atoms with Crippen molar-refractivity contribution in [1.29, 1.82) is 0 Å². The summed E-state index contributed by atoms with van der Waals surface area (Å²) in [6.45, 7) is 6.11. The lowest BCUT2D eigenvalue weighted by Gasteiger charge is -2.29. The van der Waals surface area contributed by atoms with Crippen LogP contribution in [0.3, 0.4) is 0 Å². The highest BCUT2D eigenvalue weighted by Gasteiger charge is 2.41. The van der Waals surface area contributed by atoms with Crippen LogP contribution in [0.1, 0.15) is 64.5 Å². The van der Waals surface area contributed by atoms with Gasteiger partial charge in [0.15, 0.2) is 0 Å². The van der Waals surface area contributed by atoms with Gasteiger partial charge in [-0.25, -0.2) is 0 Å². The number of benzene rings is 1. The van der Waals surface area contributed by atoms with E-state index in [2.05, 4.69) is 19.2 Å². The number of aliphatic hydroxyl groups is 1. The van der Waals surface area contributed by atoms with E-state index in [1.807, 2.05) is 24.3 Å². The van der Waals surface area contributed by atoms with Gasteiger partial charge in [0.2, 0.25) is 5.91 Å². The van der Waals surface area contributed by atoms with E-state index in [0.717, 1.165) is 43.4 Å². The van der Waals surface area contributed by atoms with Crippen molar-refractivity contribution < 1.29 is 9.90 Å². The highest BCUT2D eigenvalue weighted by Crippen LogP contribution is 2.44. The number of aliphatic hydroxyl groups excluding tert-OH is 1. The van der Waals surface area contributed by atoms with Gasteiger partial charge in [0.25, 0.3) is 0 Å². The number of amides is 1. The average Bonchev–Trinajstić information content (AvgIpc) is 2.88. The van der Waals surface area contributed by atoms with Crippen LogP contribution >= 0.6 is 0 Å². The molecule has 1 saturated carbocycles. The van der Waals surface area contributed by atoms with Crippen LogP contribution in [0.4, 0.5) is 5.69 Å². The summed E-state index contributed by atoms with van der Waals surface area (Å²) in [4.78, 5) is 12.7. The molecule has 1 unspecified atom stereocenters. The second kappa shape index (κ2) is 6.61. The Morgan fingerprint density at radius 3 is 2.24 bits per heavy atom. The van der Waals surface area contributed by atoms with Gasteiger partial charge < -0.3 is 10.4 Å². The van der Waals surface area contributed by atoms with Crippen LogP contribution < -0.4 is 5.32 Å². The molecule has 1 aromatic carbocycles. The summed E-state index contributed by atoms with van der Waals surface area (Å²) < 4.78 is 0. The molecule has 1 aliphatic carbocycles. The fourth-order valence-electron chi connectivity index (χ4n) is 3.47. The van der Waals surface area contributed by atoms with Gasteiger partial charge in [-0.2, -0.15) is 0 Å². The molecule has 1 aromatic rings. The number of carbonyl (C=O) groups is 1. The molecule has 0 spiro atoms. The van der Waals surface area contributed by atoms with Crippen molar-refractivity contribution in [2.45, 2.75) is 59.0 Å². The maximum absolute atomic E-state index is 12.7. The fourth-order valence-corrected chi connectivity index (χ4v) is 3.47. The molecule has 0 radical (unpaired) electrons. The first kappa shape index (κ1) is 16.0. The Morgan fingerprint density at radius 2 is 1.76 bits per heavy atom. The lowest BCUT2D eigenvalue weighted by molar-refractivity contribution is -0.126. The number of rotatable bonds is 5. The molecule has 0 heterocycles. The normalized spacial score (nSPS) is 18.7. The van der Waals surface area contributed by atoms with E-state index in [-0.39, 0.29) is 11.3 Å². The predicted molar refractivity (Wildman–Crippen MR) is 86.1 cm³/mol. The summed E-state index contributed by atoms with van der Waals surface area (Å²) in [5, 5.41) is 12.6. The third kappa shape index (κ3) is 3.85. The summed E-state index contributed by atoms with van der Waals surface area (Å²) in [7, 11) is 0. The topological polar surface area (TPSA) is 49.3 Å². The van der Waals surface area contributed by atoms with E-state index in [0.29, 0.717) is 5.92 Å². The van der Waals surface area contributed by atoms with Crippen molar-refractivity contribution in [3.05, 3.63) is 29.8 Å². The molecule has 0 saturated heterocycles. The van der Waals surface area contributed by atoms with Crippen molar-refractivity contribution in [1.82, 2.24) is 0 Å². The first-order chi connectivity index (χ1) is 9.93. The highest BCUT2D eigenvalue weighted by atomic mass is 16.3. The lowest BCUT2D eigenvalue weighted by atomic mass is 9.77. The van der Waals surface area contributed by atoms with Crippen LogP contribution in [0.25, 0.3) is 0 Å². The van der Waals surface area contributed by atoms with Crippen molar-refractivity contribution in [2.24, 2.45) is 11.3 Å². The van der Waals surface area contributed by atoms with Crippen LogP contribution in [0.5, 0.6) is 0 Å². The molecule has 1 amide bonds. The van der Waals surface area contributed by atoms with Crippen molar-refractivity contribution in [2.75, 3.05) is 5.32 Å². The average molecular weight is 289 g/mol. The van der Waals surface area contributed by atoms with Gasteiger partial charge in [-0.1, -0.05) is 38.8 Å². The van der Waals surface area contributed by atoms with Gasteiger partial charge in [0, 0.05) is 11.1 Å². The Morgan fingerprint density at radius 1 is 1.19 bits per heavy atom. The second-order valence-corrected chi connectivity index (χ2v) is 6.84. The molecular formula is C18H27NO2. The molecule has 116 valence electrons. The zero-order valence-corrected chi connectivity index (χ0v) is 13.4. The zero-order valence-electron chi connectivity index (χ0n) is 13.4. The van der Waals surface area contributed by atoms with E-state index in [1.54, 1.807) is 6.92 Å². The lowest BCUT2D eigenvalue weighted by Crippen LogP contribution is -2.35. The van der Waals surface area contributed by atoms with E-state index in [9.17, 15) is 9.90 Å². The molecule has 3 heteroatoms. The molecular weight excluding hydrogens is 262 g/mol. The number of carbonyl (C=O) groups excluding carboxylic acids is 1. The summed E-state index contributed by atoms with van der Waals surface area (Å²) in [6.07, 6.45) is 4.80. The predicted octanol–water partition coefficient (Wildman–Crippen LogP) is 4.28. The summed E-state index contributed by atoms with van der Waals surface area (Å²) in [5.74, 6) is 0.699. The standard InChI is InChI=1S/C18H27NO2/c1-13(2)12-18(10-4-5-11-18)17(21)19-16-8-6-15(7-9-16)14(3)20/h6-9,13-14,20H,4-5,10-12H2,1-3H3,(H,19,21). The van der Waals surface area contributed by atoms with Gasteiger partial charge >= 0.3 is 0 Å². The van der Waals surface area contributed by atoms with Crippen LogP contribution in [0, 0.1) is 11.3 Å². The molecule has 1 aliphatic rings. The summed E-state index contributed by atoms with van der Waals surface area (Å²) in [6, 6.07) is 7.48. The number of anilines is 1. The fraction of sp³-hybridized carbons (Fsp3) is 0.611. The molecule has 2 N–H and O–H groups in total. The Bertz CT molecular complexity index is 470. The molecule has 3 nitrogen and oxygen atoms in total. The van der Waals surface area contributed by atoms with Gasteiger partial charge in [-0.05, 0) is 49.8 Å². The Kier molecular flexibility index (Phi) is 5.04. The molecule has 21 heavy (non-hydrogen) atoms. The minimum absolute atomic E-state index is 0.165. The molecule has 2 rings (SSSR count). The van der Waals surface area contributed by atoms with Gasteiger partial charge in [-0.15, -0.1) is 0 Å². The smallest absolute Gasteiger partial charge is 0.230 e. The highest BCUT2D eigenvalue weighted by molar-refractivity contribution is 5.95. The van der Waals surface area contributed by atoms with Gasteiger partial charge in [-0.3, -0.25) is 4.79 Å². The van der Waals surface area contributed by atoms with Crippen LogP contribution in [-0.4, -0.2) is 11.0 Å².